The van der Waals surface area contributed by atoms with Crippen molar-refractivity contribution >= 4 is 12.2 Å². The lowest BCUT2D eigenvalue weighted by atomic mass is 9.96. The first kappa shape index (κ1) is 22.0. The highest BCUT2D eigenvalue weighted by Crippen LogP contribution is 2.47. The number of hydrogen-bond donors (Lipinski definition) is 5. The molecule has 0 fully saturated rings. The van der Waals surface area contributed by atoms with Gasteiger partial charge >= 0.3 is 0 Å². The SMILES string of the molecule is Oc1ccc(C2Oc3cc(/C=C/c4cc(O)cc(O)c4)ccc3OC2c2cc(O)cc(O)c2)cc1. The van der Waals surface area contributed by atoms with Crippen molar-refractivity contribution in [2.45, 2.75) is 12.2 Å². The minimum atomic E-state index is -0.679. The quantitative estimate of drug-likeness (QED) is 0.245. The van der Waals surface area contributed by atoms with Crippen molar-refractivity contribution in [1.29, 1.82) is 0 Å². The van der Waals surface area contributed by atoms with Crippen LogP contribution < -0.4 is 9.47 Å². The van der Waals surface area contributed by atoms with Crippen LogP contribution in [0, 0.1) is 0 Å². The minimum absolute atomic E-state index is 0.0346. The summed E-state index contributed by atoms with van der Waals surface area (Å²) in [4.78, 5) is 0. The Labute approximate surface area is 201 Å². The van der Waals surface area contributed by atoms with Crippen molar-refractivity contribution in [1.82, 2.24) is 0 Å². The van der Waals surface area contributed by atoms with Gasteiger partial charge in [-0.3, -0.25) is 0 Å². The third-order valence-electron chi connectivity index (χ3n) is 5.62. The van der Waals surface area contributed by atoms with Crippen LogP contribution in [0.25, 0.3) is 12.2 Å². The van der Waals surface area contributed by atoms with Crippen molar-refractivity contribution in [3.63, 3.8) is 0 Å². The molecule has 0 saturated heterocycles. The fourth-order valence-electron chi connectivity index (χ4n) is 4.05. The molecule has 1 aliphatic heterocycles. The molecule has 4 aromatic carbocycles. The number of benzene rings is 4. The van der Waals surface area contributed by atoms with Crippen LogP contribution in [0.3, 0.4) is 0 Å². The number of hydrogen-bond acceptors (Lipinski definition) is 7. The Bertz CT molecular complexity index is 1370. The van der Waals surface area contributed by atoms with E-state index in [1.807, 2.05) is 12.1 Å². The molecule has 0 bridgehead atoms. The van der Waals surface area contributed by atoms with Crippen LogP contribution in [0.15, 0.2) is 78.9 Å². The fraction of sp³-hybridized carbons (Fsp3) is 0.0714. The number of aromatic hydroxyl groups is 5. The summed E-state index contributed by atoms with van der Waals surface area (Å²) in [6.45, 7) is 0. The number of ether oxygens (including phenoxy) is 2. The summed E-state index contributed by atoms with van der Waals surface area (Å²) in [6, 6.07) is 20.5. The molecule has 176 valence electrons. The van der Waals surface area contributed by atoms with Crippen LogP contribution in [0.2, 0.25) is 0 Å². The highest BCUT2D eigenvalue weighted by molar-refractivity contribution is 5.72. The number of phenols is 5. The Morgan fingerprint density at radius 3 is 1.66 bits per heavy atom. The molecule has 0 radical (unpaired) electrons. The Hall–Kier alpha value is -4.78. The molecule has 1 heterocycles. The lowest BCUT2D eigenvalue weighted by Gasteiger charge is -2.35. The first-order chi connectivity index (χ1) is 16.8. The molecule has 0 saturated carbocycles. The maximum atomic E-state index is 10.0. The fourth-order valence-corrected chi connectivity index (χ4v) is 4.05. The van der Waals surface area contributed by atoms with Gasteiger partial charge in [-0.1, -0.05) is 30.4 Å². The highest BCUT2D eigenvalue weighted by Gasteiger charge is 2.35. The molecule has 2 atom stereocenters. The molecule has 0 aliphatic carbocycles. The second-order valence-corrected chi connectivity index (χ2v) is 8.27. The first-order valence-electron chi connectivity index (χ1n) is 10.8. The average Bonchev–Trinajstić information content (AvgIpc) is 2.81. The van der Waals surface area contributed by atoms with E-state index in [4.69, 9.17) is 9.47 Å². The van der Waals surface area contributed by atoms with Gasteiger partial charge in [0, 0.05) is 17.7 Å². The lowest BCUT2D eigenvalue weighted by molar-refractivity contribution is 0.0181. The van der Waals surface area contributed by atoms with Crippen LogP contribution in [-0.2, 0) is 0 Å². The molecule has 0 spiro atoms. The predicted octanol–water partition coefficient (Wildman–Crippen LogP) is 5.64. The maximum Gasteiger partial charge on any atom is 0.165 e. The number of phenolic OH excluding ortho intramolecular Hbond substituents is 5. The lowest BCUT2D eigenvalue weighted by Crippen LogP contribution is -2.26. The standard InChI is InChI=1S/C28H22O7/c29-20-6-4-18(5-7-20)27-28(19-12-23(32)15-24(33)13-19)34-25-8-3-16(11-26(25)35-27)1-2-17-9-21(30)14-22(31)10-17/h1-15,27-33H/b2-1+. The maximum absolute atomic E-state index is 10.0. The van der Waals surface area contributed by atoms with E-state index in [2.05, 4.69) is 0 Å². The Balaban J connectivity index is 1.50. The molecule has 5 rings (SSSR count). The Morgan fingerprint density at radius 1 is 0.457 bits per heavy atom. The van der Waals surface area contributed by atoms with Crippen LogP contribution >= 0.6 is 0 Å². The van der Waals surface area contributed by atoms with E-state index < -0.39 is 12.2 Å². The molecule has 7 nitrogen and oxygen atoms in total. The molecular formula is C28H22O7. The van der Waals surface area contributed by atoms with E-state index in [0.717, 1.165) is 11.1 Å². The zero-order chi connectivity index (χ0) is 24.5. The predicted molar refractivity (Wildman–Crippen MR) is 130 cm³/mol. The molecule has 0 aromatic heterocycles. The summed E-state index contributed by atoms with van der Waals surface area (Å²) >= 11 is 0. The smallest absolute Gasteiger partial charge is 0.165 e. The molecular weight excluding hydrogens is 448 g/mol. The van der Waals surface area contributed by atoms with Gasteiger partial charge in [-0.05, 0) is 65.2 Å². The molecule has 1 aliphatic rings. The van der Waals surface area contributed by atoms with Gasteiger partial charge in [0.15, 0.2) is 23.7 Å². The molecule has 4 aromatic rings. The topological polar surface area (TPSA) is 120 Å². The average molecular weight is 470 g/mol. The van der Waals surface area contributed by atoms with Gasteiger partial charge < -0.3 is 35.0 Å². The van der Waals surface area contributed by atoms with Gasteiger partial charge in [-0.2, -0.15) is 0 Å². The van der Waals surface area contributed by atoms with Crippen molar-refractivity contribution in [3.8, 4) is 40.2 Å². The van der Waals surface area contributed by atoms with Gasteiger partial charge in [0.25, 0.3) is 0 Å². The number of fused-ring (bicyclic) bond motifs is 1. The summed E-state index contributed by atoms with van der Waals surface area (Å²) in [7, 11) is 0. The summed E-state index contributed by atoms with van der Waals surface area (Å²) in [5.74, 6) is 0.822. The monoisotopic (exact) mass is 470 g/mol. The molecule has 0 amide bonds. The summed E-state index contributed by atoms with van der Waals surface area (Å²) in [5, 5.41) is 49.1. The molecule has 7 heteroatoms. The summed E-state index contributed by atoms with van der Waals surface area (Å²) < 4.78 is 12.6. The summed E-state index contributed by atoms with van der Waals surface area (Å²) in [6.07, 6.45) is 2.25. The van der Waals surface area contributed by atoms with Crippen molar-refractivity contribution in [2.75, 3.05) is 0 Å². The van der Waals surface area contributed by atoms with E-state index in [9.17, 15) is 25.5 Å². The largest absolute Gasteiger partial charge is 0.508 e. The second-order valence-electron chi connectivity index (χ2n) is 8.27. The van der Waals surface area contributed by atoms with Crippen LogP contribution in [0.5, 0.6) is 40.2 Å². The van der Waals surface area contributed by atoms with Crippen LogP contribution in [-0.4, -0.2) is 25.5 Å². The van der Waals surface area contributed by atoms with E-state index in [0.29, 0.717) is 22.6 Å². The third-order valence-corrected chi connectivity index (χ3v) is 5.62. The minimum Gasteiger partial charge on any atom is -0.508 e. The van der Waals surface area contributed by atoms with Gasteiger partial charge in [0.05, 0.1) is 0 Å². The Kier molecular flexibility index (Phi) is 5.58. The van der Waals surface area contributed by atoms with E-state index in [1.165, 1.54) is 36.4 Å². The van der Waals surface area contributed by atoms with Gasteiger partial charge in [-0.25, -0.2) is 0 Å². The van der Waals surface area contributed by atoms with Gasteiger partial charge in [0.2, 0.25) is 0 Å². The highest BCUT2D eigenvalue weighted by atomic mass is 16.6. The second kappa shape index (κ2) is 8.87. The van der Waals surface area contributed by atoms with Crippen LogP contribution in [0.1, 0.15) is 34.5 Å². The molecule has 35 heavy (non-hydrogen) atoms. The normalized spacial score (nSPS) is 16.9. The molecule has 5 N–H and O–H groups in total. The zero-order valence-corrected chi connectivity index (χ0v) is 18.4. The van der Waals surface area contributed by atoms with Crippen molar-refractivity contribution < 1.29 is 35.0 Å². The number of rotatable bonds is 4. The van der Waals surface area contributed by atoms with Crippen molar-refractivity contribution in [2.24, 2.45) is 0 Å². The third kappa shape index (κ3) is 4.79. The summed E-state index contributed by atoms with van der Waals surface area (Å²) in [5.41, 5.74) is 2.69. The molecule has 2 unspecified atom stereocenters. The first-order valence-corrected chi connectivity index (χ1v) is 10.8. The zero-order valence-electron chi connectivity index (χ0n) is 18.4. The van der Waals surface area contributed by atoms with Gasteiger partial charge in [0.1, 0.15) is 28.7 Å². The van der Waals surface area contributed by atoms with Gasteiger partial charge in [-0.15, -0.1) is 0 Å². The van der Waals surface area contributed by atoms with Crippen LogP contribution in [0.4, 0.5) is 0 Å². The van der Waals surface area contributed by atoms with E-state index >= 15 is 0 Å². The van der Waals surface area contributed by atoms with Crippen molar-refractivity contribution in [3.05, 3.63) is 101 Å². The van der Waals surface area contributed by atoms with E-state index in [-0.39, 0.29) is 28.7 Å². The van der Waals surface area contributed by atoms with E-state index in [1.54, 1.807) is 42.5 Å². The Morgan fingerprint density at radius 2 is 1.00 bits per heavy atom.